The third-order valence-corrected chi connectivity index (χ3v) is 10.1. The Bertz CT molecular complexity index is 1420. The first-order valence-corrected chi connectivity index (χ1v) is 15.5. The fourth-order valence-corrected chi connectivity index (χ4v) is 7.26. The molecule has 9 nitrogen and oxygen atoms in total. The number of hydrogen-bond acceptors (Lipinski definition) is 6. The van der Waals surface area contributed by atoms with Crippen LogP contribution in [0.1, 0.15) is 32.4 Å². The van der Waals surface area contributed by atoms with E-state index in [-0.39, 0.29) is 47.3 Å². The molecule has 0 aliphatic carbocycles. The minimum atomic E-state index is -3.73. The second-order valence-electron chi connectivity index (χ2n) is 9.50. The standard InChI is InChI=1S/C27H31Cl3N4O5S/c1-4-33-22(16-32-13-14-34(17(3)15-32)40(37,38)19-11-9-18(28)10-12-19)23(26(35)39-5-2)25(31-27(33)36)20-7-6-8-21(29)24(20)30/h6-12,17,25H,4-5,13-16H2,1-3H3,(H,31,36). The fraction of sp³-hybridized carbons (Fsp3) is 0.407. The number of carbonyl (C=O) groups excluding carboxylic acids is 2. The lowest BCUT2D eigenvalue weighted by Gasteiger charge is -2.42. The van der Waals surface area contributed by atoms with E-state index in [0.717, 1.165) is 0 Å². The zero-order valence-electron chi connectivity index (χ0n) is 22.4. The van der Waals surface area contributed by atoms with Crippen LogP contribution in [-0.4, -0.2) is 79.9 Å². The van der Waals surface area contributed by atoms with Crippen molar-refractivity contribution in [1.29, 1.82) is 0 Å². The van der Waals surface area contributed by atoms with Crippen molar-refractivity contribution in [3.63, 3.8) is 0 Å². The molecule has 2 aromatic rings. The van der Waals surface area contributed by atoms with Gasteiger partial charge in [-0.3, -0.25) is 9.80 Å². The Morgan fingerprint density at radius 1 is 1.07 bits per heavy atom. The Balaban J connectivity index is 1.68. The molecule has 2 aliphatic heterocycles. The quantitative estimate of drug-likeness (QED) is 0.415. The topological polar surface area (TPSA) is 99.3 Å². The largest absolute Gasteiger partial charge is 0.463 e. The highest BCUT2D eigenvalue weighted by Crippen LogP contribution is 2.38. The van der Waals surface area contributed by atoms with E-state index < -0.39 is 22.0 Å². The van der Waals surface area contributed by atoms with E-state index in [1.165, 1.54) is 21.3 Å². The van der Waals surface area contributed by atoms with Crippen LogP contribution in [0.25, 0.3) is 0 Å². The summed E-state index contributed by atoms with van der Waals surface area (Å²) in [6.07, 6.45) is 0. The van der Waals surface area contributed by atoms with Crippen LogP contribution >= 0.6 is 34.8 Å². The van der Waals surface area contributed by atoms with Crippen molar-refractivity contribution in [2.45, 2.75) is 37.8 Å². The average molecular weight is 630 g/mol. The molecule has 0 bridgehead atoms. The van der Waals surface area contributed by atoms with Gasteiger partial charge < -0.3 is 10.1 Å². The predicted molar refractivity (Wildman–Crippen MR) is 155 cm³/mol. The second kappa shape index (κ2) is 12.7. The molecule has 40 heavy (non-hydrogen) atoms. The number of ether oxygens (including phenoxy) is 1. The monoisotopic (exact) mass is 628 g/mol. The number of esters is 1. The van der Waals surface area contributed by atoms with Crippen molar-refractivity contribution >= 4 is 56.8 Å². The van der Waals surface area contributed by atoms with Gasteiger partial charge in [-0.2, -0.15) is 4.31 Å². The van der Waals surface area contributed by atoms with Gasteiger partial charge in [0.2, 0.25) is 10.0 Å². The number of benzene rings is 2. The van der Waals surface area contributed by atoms with Gasteiger partial charge in [-0.15, -0.1) is 0 Å². The first kappa shape index (κ1) is 30.6. The molecule has 2 aliphatic rings. The van der Waals surface area contributed by atoms with Crippen LogP contribution in [0.3, 0.4) is 0 Å². The van der Waals surface area contributed by atoms with Crippen LogP contribution in [0.15, 0.2) is 58.6 Å². The second-order valence-corrected chi connectivity index (χ2v) is 12.6. The molecule has 2 atom stereocenters. The summed E-state index contributed by atoms with van der Waals surface area (Å²) in [7, 11) is -3.73. The molecule has 0 saturated carbocycles. The average Bonchev–Trinajstić information content (AvgIpc) is 2.90. The van der Waals surface area contributed by atoms with Gasteiger partial charge in [0.1, 0.15) is 0 Å². The third kappa shape index (κ3) is 6.12. The van der Waals surface area contributed by atoms with Crippen molar-refractivity contribution < 1.29 is 22.7 Å². The van der Waals surface area contributed by atoms with Gasteiger partial charge in [0.15, 0.2) is 0 Å². The number of nitrogens with zero attached hydrogens (tertiary/aromatic N) is 3. The van der Waals surface area contributed by atoms with E-state index in [1.54, 1.807) is 37.3 Å². The van der Waals surface area contributed by atoms with Crippen LogP contribution < -0.4 is 5.32 Å². The van der Waals surface area contributed by atoms with E-state index in [1.807, 2.05) is 18.7 Å². The zero-order valence-corrected chi connectivity index (χ0v) is 25.4. The molecule has 0 radical (unpaired) electrons. The number of urea groups is 1. The first-order valence-electron chi connectivity index (χ1n) is 12.9. The Morgan fingerprint density at radius 2 is 1.77 bits per heavy atom. The van der Waals surface area contributed by atoms with E-state index in [9.17, 15) is 18.0 Å². The van der Waals surface area contributed by atoms with Crippen molar-refractivity contribution in [3.8, 4) is 0 Å². The van der Waals surface area contributed by atoms with Gasteiger partial charge in [0.05, 0.1) is 33.2 Å². The summed E-state index contributed by atoms with van der Waals surface area (Å²) in [4.78, 5) is 30.3. The molecule has 2 heterocycles. The van der Waals surface area contributed by atoms with Crippen LogP contribution in [-0.2, 0) is 19.6 Å². The number of sulfonamides is 1. The molecular formula is C27H31Cl3N4O5S. The molecule has 4 rings (SSSR count). The molecule has 0 aromatic heterocycles. The number of carbonyl (C=O) groups is 2. The smallest absolute Gasteiger partial charge is 0.338 e. The van der Waals surface area contributed by atoms with Crippen LogP contribution in [0.2, 0.25) is 15.1 Å². The number of halogens is 3. The molecule has 0 spiro atoms. The number of piperazine rings is 1. The SMILES string of the molecule is CCOC(=O)C1=C(CN2CCN(S(=O)(=O)c3ccc(Cl)cc3)C(C)C2)N(CC)C(=O)NC1c1cccc(Cl)c1Cl. The molecule has 2 unspecified atom stereocenters. The molecule has 216 valence electrons. The third-order valence-electron chi connectivity index (χ3n) is 6.99. The first-order chi connectivity index (χ1) is 19.0. The maximum atomic E-state index is 13.4. The van der Waals surface area contributed by atoms with Crippen molar-refractivity contribution in [3.05, 3.63) is 74.4 Å². The van der Waals surface area contributed by atoms with Gasteiger partial charge in [-0.1, -0.05) is 46.9 Å². The summed E-state index contributed by atoms with van der Waals surface area (Å²) in [5.74, 6) is -0.575. The number of amides is 2. The molecule has 2 aromatic carbocycles. The van der Waals surface area contributed by atoms with Crippen molar-refractivity contribution in [2.24, 2.45) is 0 Å². The van der Waals surface area contributed by atoms with Gasteiger partial charge in [0, 0.05) is 49.5 Å². The zero-order chi connectivity index (χ0) is 29.2. The summed E-state index contributed by atoms with van der Waals surface area (Å²) in [5.41, 5.74) is 1.22. The van der Waals surface area contributed by atoms with Crippen LogP contribution in [0, 0.1) is 0 Å². The Labute approximate surface area is 249 Å². The van der Waals surface area contributed by atoms with E-state index in [4.69, 9.17) is 39.5 Å². The maximum Gasteiger partial charge on any atom is 0.338 e. The van der Waals surface area contributed by atoms with Crippen molar-refractivity contribution in [1.82, 2.24) is 19.4 Å². The van der Waals surface area contributed by atoms with Crippen LogP contribution in [0.5, 0.6) is 0 Å². The Morgan fingerprint density at radius 3 is 2.40 bits per heavy atom. The molecular weight excluding hydrogens is 599 g/mol. The number of likely N-dealkylation sites (N-methyl/N-ethyl adjacent to an activating group) is 1. The summed E-state index contributed by atoms with van der Waals surface area (Å²) < 4.78 is 33.5. The summed E-state index contributed by atoms with van der Waals surface area (Å²) in [5, 5.41) is 3.87. The van der Waals surface area contributed by atoms with Crippen LogP contribution in [0.4, 0.5) is 4.79 Å². The number of rotatable bonds is 8. The fourth-order valence-electron chi connectivity index (χ4n) is 5.11. The Kier molecular flexibility index (Phi) is 9.70. The van der Waals surface area contributed by atoms with E-state index >= 15 is 0 Å². The van der Waals surface area contributed by atoms with E-state index in [2.05, 4.69) is 5.32 Å². The minimum Gasteiger partial charge on any atom is -0.463 e. The molecule has 1 saturated heterocycles. The lowest BCUT2D eigenvalue weighted by Crippen LogP contribution is -2.56. The molecule has 13 heteroatoms. The van der Waals surface area contributed by atoms with Gasteiger partial charge in [0.25, 0.3) is 0 Å². The molecule has 2 amide bonds. The molecule has 1 fully saturated rings. The minimum absolute atomic E-state index is 0.143. The number of nitrogens with one attached hydrogen (secondary N) is 1. The summed E-state index contributed by atoms with van der Waals surface area (Å²) in [6, 6.07) is 9.50. The predicted octanol–water partition coefficient (Wildman–Crippen LogP) is 4.95. The lowest BCUT2D eigenvalue weighted by molar-refractivity contribution is -0.139. The Hall–Kier alpha value is -2.34. The highest BCUT2D eigenvalue weighted by molar-refractivity contribution is 7.89. The number of hydrogen-bond donors (Lipinski definition) is 1. The maximum absolute atomic E-state index is 13.4. The van der Waals surface area contributed by atoms with Gasteiger partial charge in [-0.25, -0.2) is 18.0 Å². The highest BCUT2D eigenvalue weighted by atomic mass is 35.5. The lowest BCUT2D eigenvalue weighted by atomic mass is 9.94. The highest BCUT2D eigenvalue weighted by Gasteiger charge is 2.41. The normalized spacial score (nSPS) is 20.9. The van der Waals surface area contributed by atoms with Crippen molar-refractivity contribution in [2.75, 3.05) is 39.3 Å². The summed E-state index contributed by atoms with van der Waals surface area (Å²) in [6.45, 7) is 7.03. The summed E-state index contributed by atoms with van der Waals surface area (Å²) >= 11 is 18.7. The van der Waals surface area contributed by atoms with Gasteiger partial charge >= 0.3 is 12.0 Å². The van der Waals surface area contributed by atoms with E-state index in [0.29, 0.717) is 40.9 Å². The molecule has 1 N–H and O–H groups in total. The van der Waals surface area contributed by atoms with Gasteiger partial charge in [-0.05, 0) is 56.7 Å².